The van der Waals surface area contributed by atoms with Crippen molar-refractivity contribution in [3.05, 3.63) is 35.8 Å². The van der Waals surface area contributed by atoms with Gasteiger partial charge in [0.2, 0.25) is 0 Å². The molecule has 124 valence electrons. The van der Waals surface area contributed by atoms with Crippen molar-refractivity contribution in [2.45, 2.75) is 32.5 Å². The zero-order chi connectivity index (χ0) is 17.3. The summed E-state index contributed by atoms with van der Waals surface area (Å²) in [4.78, 5) is 15.3. The van der Waals surface area contributed by atoms with Crippen LogP contribution >= 0.6 is 0 Å². The van der Waals surface area contributed by atoms with E-state index in [9.17, 15) is 18.0 Å². The lowest BCUT2D eigenvalue weighted by Crippen LogP contribution is -2.30. The van der Waals surface area contributed by atoms with Crippen LogP contribution in [-0.2, 0) is 11.7 Å². The first kappa shape index (κ1) is 16.7. The van der Waals surface area contributed by atoms with E-state index in [0.29, 0.717) is 0 Å². The number of nitrogens with zero attached hydrogens (tertiary/aromatic N) is 4. The number of hydrogen-bond donors (Lipinski definition) is 2. The van der Waals surface area contributed by atoms with Crippen molar-refractivity contribution in [2.75, 3.05) is 5.43 Å². The van der Waals surface area contributed by atoms with E-state index >= 15 is 0 Å². The van der Waals surface area contributed by atoms with Gasteiger partial charge in [-0.25, -0.2) is 9.67 Å². The molecular formula is C13H15F3N6O. The van der Waals surface area contributed by atoms with Gasteiger partial charge in [-0.05, 0) is 32.9 Å². The molecule has 0 fully saturated rings. The largest absolute Gasteiger partial charge is 0.433 e. The summed E-state index contributed by atoms with van der Waals surface area (Å²) in [6, 6.07) is 3.31. The smallest absolute Gasteiger partial charge is 0.282 e. The number of pyridine rings is 1. The van der Waals surface area contributed by atoms with Gasteiger partial charge in [-0.3, -0.25) is 15.6 Å². The Labute approximate surface area is 129 Å². The van der Waals surface area contributed by atoms with E-state index in [1.807, 2.05) is 20.8 Å². The summed E-state index contributed by atoms with van der Waals surface area (Å²) in [5.41, 5.74) is 3.16. The van der Waals surface area contributed by atoms with E-state index in [-0.39, 0.29) is 17.1 Å². The molecule has 2 aromatic heterocycles. The molecule has 10 heteroatoms. The molecule has 1 amide bonds. The minimum Gasteiger partial charge on any atom is -0.282 e. The van der Waals surface area contributed by atoms with Crippen LogP contribution in [-0.4, -0.2) is 25.9 Å². The van der Waals surface area contributed by atoms with Gasteiger partial charge in [-0.15, -0.1) is 5.10 Å². The van der Waals surface area contributed by atoms with Crippen LogP contribution in [0.5, 0.6) is 0 Å². The fraction of sp³-hybridized carbons (Fsp3) is 0.385. The highest BCUT2D eigenvalue weighted by molar-refractivity contribution is 5.92. The topological polar surface area (TPSA) is 84.7 Å². The Morgan fingerprint density at radius 1 is 1.22 bits per heavy atom. The molecule has 23 heavy (non-hydrogen) atoms. The maximum atomic E-state index is 12.5. The number of halogens is 3. The first-order valence-corrected chi connectivity index (χ1v) is 6.61. The molecule has 2 aromatic rings. The van der Waals surface area contributed by atoms with Gasteiger partial charge in [0.15, 0.2) is 5.69 Å². The number of nitrogens with one attached hydrogen (secondary N) is 2. The third-order valence-electron chi connectivity index (χ3n) is 2.76. The third-order valence-corrected chi connectivity index (χ3v) is 2.76. The maximum Gasteiger partial charge on any atom is 0.433 e. The van der Waals surface area contributed by atoms with Gasteiger partial charge in [0.05, 0.1) is 11.7 Å². The zero-order valence-electron chi connectivity index (χ0n) is 12.6. The van der Waals surface area contributed by atoms with Crippen LogP contribution in [0, 0.1) is 0 Å². The summed E-state index contributed by atoms with van der Waals surface area (Å²) < 4.78 is 39.1. The van der Waals surface area contributed by atoms with Gasteiger partial charge in [-0.1, -0.05) is 11.3 Å². The Bertz CT molecular complexity index is 704. The number of anilines is 1. The van der Waals surface area contributed by atoms with Gasteiger partial charge in [-0.2, -0.15) is 13.2 Å². The van der Waals surface area contributed by atoms with Crippen molar-refractivity contribution in [1.82, 2.24) is 25.4 Å². The number of amides is 1. The number of alkyl halides is 3. The van der Waals surface area contributed by atoms with E-state index < -0.39 is 17.8 Å². The molecule has 0 aliphatic carbocycles. The lowest BCUT2D eigenvalue weighted by atomic mass is 10.1. The molecule has 0 bridgehead atoms. The van der Waals surface area contributed by atoms with Crippen LogP contribution in [0.2, 0.25) is 0 Å². The highest BCUT2D eigenvalue weighted by atomic mass is 19.4. The minimum absolute atomic E-state index is 0.0272. The van der Waals surface area contributed by atoms with Gasteiger partial charge in [0.25, 0.3) is 5.91 Å². The predicted molar refractivity (Wildman–Crippen MR) is 75.3 cm³/mol. The number of aromatic nitrogens is 4. The number of carbonyl (C=O) groups excluding carboxylic acids is 1. The summed E-state index contributed by atoms with van der Waals surface area (Å²) in [5, 5.41) is 7.54. The number of hydrogen-bond acceptors (Lipinski definition) is 5. The second-order valence-electron chi connectivity index (χ2n) is 5.70. The van der Waals surface area contributed by atoms with Crippen LogP contribution in [0.15, 0.2) is 24.4 Å². The summed E-state index contributed by atoms with van der Waals surface area (Å²) in [6.07, 6.45) is -3.12. The molecule has 0 saturated heterocycles. The molecule has 0 saturated carbocycles. The van der Waals surface area contributed by atoms with Crippen LogP contribution in [0.4, 0.5) is 19.0 Å². The van der Waals surface area contributed by atoms with E-state index in [2.05, 4.69) is 26.1 Å². The lowest BCUT2D eigenvalue weighted by molar-refractivity contribution is -0.141. The summed E-state index contributed by atoms with van der Waals surface area (Å²) >= 11 is 0. The second kappa shape index (κ2) is 5.86. The highest BCUT2D eigenvalue weighted by Crippen LogP contribution is 2.27. The van der Waals surface area contributed by atoms with E-state index in [0.717, 1.165) is 6.07 Å². The van der Waals surface area contributed by atoms with Crippen LogP contribution in [0.25, 0.3) is 0 Å². The molecule has 0 unspecified atom stereocenters. The SMILES string of the molecule is CC(C)(C)n1cc(C(=O)NNc2cccc(C(F)(F)F)n2)nn1. The van der Waals surface area contributed by atoms with Gasteiger partial charge in [0, 0.05) is 0 Å². The first-order chi connectivity index (χ1) is 10.6. The van der Waals surface area contributed by atoms with Gasteiger partial charge in [0.1, 0.15) is 11.5 Å². The summed E-state index contributed by atoms with van der Waals surface area (Å²) in [5.74, 6) is -0.781. The molecule has 2 N–H and O–H groups in total. The standard InChI is InChI=1S/C13H15F3N6O/c1-12(2,3)22-7-8(18-21-22)11(23)20-19-10-6-4-5-9(17-10)13(14,15)16/h4-7H,1-3H3,(H,17,19)(H,20,23). The quantitative estimate of drug-likeness (QED) is 0.844. The Balaban J connectivity index is 2.04. The molecule has 0 atom stereocenters. The third kappa shape index (κ3) is 4.18. The number of rotatable bonds is 3. The van der Waals surface area contributed by atoms with Crippen molar-refractivity contribution in [3.8, 4) is 0 Å². The lowest BCUT2D eigenvalue weighted by Gasteiger charge is -2.17. The van der Waals surface area contributed by atoms with E-state index in [1.54, 1.807) is 0 Å². The average molecular weight is 328 g/mol. The van der Waals surface area contributed by atoms with Crippen molar-refractivity contribution in [1.29, 1.82) is 0 Å². The van der Waals surface area contributed by atoms with Crippen molar-refractivity contribution < 1.29 is 18.0 Å². The summed E-state index contributed by atoms with van der Waals surface area (Å²) in [7, 11) is 0. The van der Waals surface area contributed by atoms with Crippen molar-refractivity contribution >= 4 is 11.7 Å². The molecule has 0 aliphatic rings. The fourth-order valence-electron chi connectivity index (χ4n) is 1.54. The van der Waals surface area contributed by atoms with Crippen molar-refractivity contribution in [2.24, 2.45) is 0 Å². The zero-order valence-corrected chi connectivity index (χ0v) is 12.6. The minimum atomic E-state index is -4.56. The Hall–Kier alpha value is -2.65. The van der Waals surface area contributed by atoms with Crippen molar-refractivity contribution in [3.63, 3.8) is 0 Å². The van der Waals surface area contributed by atoms with Crippen LogP contribution in [0.1, 0.15) is 37.0 Å². The maximum absolute atomic E-state index is 12.5. The summed E-state index contributed by atoms with van der Waals surface area (Å²) in [6.45, 7) is 5.65. The molecule has 0 spiro atoms. The second-order valence-corrected chi connectivity index (χ2v) is 5.70. The van der Waals surface area contributed by atoms with Crippen LogP contribution < -0.4 is 10.9 Å². The molecule has 0 radical (unpaired) electrons. The predicted octanol–water partition coefficient (Wildman–Crippen LogP) is 2.20. The molecule has 7 nitrogen and oxygen atoms in total. The monoisotopic (exact) mass is 328 g/mol. The molecule has 0 aliphatic heterocycles. The number of carbonyl (C=O) groups is 1. The fourth-order valence-corrected chi connectivity index (χ4v) is 1.54. The molecule has 0 aromatic carbocycles. The van der Waals surface area contributed by atoms with Gasteiger partial charge >= 0.3 is 6.18 Å². The van der Waals surface area contributed by atoms with Crippen LogP contribution in [0.3, 0.4) is 0 Å². The average Bonchev–Trinajstić information content (AvgIpc) is 2.94. The van der Waals surface area contributed by atoms with Gasteiger partial charge < -0.3 is 0 Å². The number of hydrazine groups is 1. The Kier molecular flexibility index (Phi) is 4.26. The van der Waals surface area contributed by atoms with E-state index in [4.69, 9.17) is 0 Å². The highest BCUT2D eigenvalue weighted by Gasteiger charge is 2.32. The van der Waals surface area contributed by atoms with E-state index in [1.165, 1.54) is 23.0 Å². The molecule has 2 rings (SSSR count). The Morgan fingerprint density at radius 3 is 2.48 bits per heavy atom. The normalized spacial score (nSPS) is 12.1. The molecule has 2 heterocycles. The first-order valence-electron chi connectivity index (χ1n) is 6.61. The molecular weight excluding hydrogens is 313 g/mol. The Morgan fingerprint density at radius 2 is 1.91 bits per heavy atom.